The van der Waals surface area contributed by atoms with Crippen LogP contribution in [0.25, 0.3) is 0 Å². The van der Waals surface area contributed by atoms with Crippen molar-refractivity contribution in [3.8, 4) is 5.75 Å². The van der Waals surface area contributed by atoms with Crippen LogP contribution in [0.4, 0.5) is 16.2 Å². The summed E-state index contributed by atoms with van der Waals surface area (Å²) in [5, 5.41) is 21.3. The summed E-state index contributed by atoms with van der Waals surface area (Å²) in [6.07, 6.45) is 1.47. The van der Waals surface area contributed by atoms with E-state index in [0.29, 0.717) is 41.6 Å². The molecule has 1 aliphatic rings. The third-order valence-corrected chi connectivity index (χ3v) is 11.4. The first kappa shape index (κ1) is 36.3. The molecule has 0 spiro atoms. The lowest BCUT2D eigenvalue weighted by atomic mass is 10.0. The monoisotopic (exact) mass is 691 g/mol. The van der Waals surface area contributed by atoms with Crippen LogP contribution in [0.1, 0.15) is 61.8 Å². The Labute approximate surface area is 280 Å². The maximum absolute atomic E-state index is 14.3. The zero-order chi connectivity index (χ0) is 34.3. The van der Waals surface area contributed by atoms with Gasteiger partial charge in [0.15, 0.2) is 5.76 Å². The van der Waals surface area contributed by atoms with Crippen molar-refractivity contribution in [2.75, 3.05) is 44.0 Å². The number of hydrogen-bond donors (Lipinski definition) is 3. The van der Waals surface area contributed by atoms with Crippen LogP contribution in [0.15, 0.2) is 44.4 Å². The number of urea groups is 1. The molecule has 4 rings (SSSR count). The van der Waals surface area contributed by atoms with Crippen LogP contribution in [0.5, 0.6) is 5.75 Å². The summed E-state index contributed by atoms with van der Waals surface area (Å²) in [5.41, 5.74) is 1.55. The topological polar surface area (TPSA) is 164 Å². The highest BCUT2D eigenvalue weighted by Gasteiger charge is 2.32. The maximum atomic E-state index is 14.3. The highest BCUT2D eigenvalue weighted by atomic mass is 32.2. The lowest BCUT2D eigenvalue weighted by Gasteiger charge is -2.35. The first-order valence-electron chi connectivity index (χ1n) is 15.7. The standard InChI is InChI=1S/C32H45N5O8S2/c1-20-17-37(21(2)19-38)31(39)26-16-25(33-32(40)34-30-23(4)35-45-24(30)5)12-13-27(26)44-22(3)10-7-8-14-43-28(20)18-36(6)47(41,42)29-11-9-15-46-29/h9,11-13,15-16,20-22,28,38H,7-8,10,14,17-19H2,1-6H3,(H2,33,34,40)/t20-,21-,22+,28+/m1/s1. The molecule has 258 valence electrons. The van der Waals surface area contributed by atoms with Crippen LogP contribution in [0, 0.1) is 19.8 Å². The Morgan fingerprint density at radius 2 is 1.98 bits per heavy atom. The second kappa shape index (κ2) is 16.1. The second-order valence-corrected chi connectivity index (χ2v) is 15.2. The predicted molar refractivity (Wildman–Crippen MR) is 180 cm³/mol. The Balaban J connectivity index is 1.63. The Kier molecular flexibility index (Phi) is 12.4. The van der Waals surface area contributed by atoms with Gasteiger partial charge in [-0.3, -0.25) is 4.79 Å². The normalized spacial score (nSPS) is 20.6. The van der Waals surface area contributed by atoms with E-state index in [2.05, 4.69) is 15.8 Å². The van der Waals surface area contributed by atoms with E-state index in [4.69, 9.17) is 14.0 Å². The number of aryl methyl sites for hydroxylation is 2. The Hall–Kier alpha value is -3.50. The molecular weight excluding hydrogens is 647 g/mol. The van der Waals surface area contributed by atoms with Gasteiger partial charge in [0.2, 0.25) is 0 Å². The Morgan fingerprint density at radius 3 is 2.64 bits per heavy atom. The summed E-state index contributed by atoms with van der Waals surface area (Å²) < 4.78 is 45.7. The SMILES string of the molecule is Cc1noc(C)c1NC(=O)Nc1ccc2c(c1)C(=O)N([C@H](C)CO)C[C@@H](C)[C@H](CN(C)S(=O)(=O)c1cccs1)OCCCC[C@H](C)O2. The van der Waals surface area contributed by atoms with Gasteiger partial charge in [-0.25, -0.2) is 13.2 Å². The minimum absolute atomic E-state index is 0.0847. The van der Waals surface area contributed by atoms with Gasteiger partial charge in [0.05, 0.1) is 30.4 Å². The number of aromatic nitrogens is 1. The molecule has 3 aromatic rings. The highest BCUT2D eigenvalue weighted by molar-refractivity contribution is 7.91. The molecule has 3 N–H and O–H groups in total. The molecule has 1 aliphatic heterocycles. The molecule has 2 aromatic heterocycles. The fourth-order valence-electron chi connectivity index (χ4n) is 5.32. The van der Waals surface area contributed by atoms with Gasteiger partial charge in [0.1, 0.15) is 21.3 Å². The lowest BCUT2D eigenvalue weighted by molar-refractivity contribution is -0.00832. The number of thiophene rings is 1. The number of hydrogen-bond acceptors (Lipinski definition) is 10. The highest BCUT2D eigenvalue weighted by Crippen LogP contribution is 2.29. The zero-order valence-corrected chi connectivity index (χ0v) is 29.3. The predicted octanol–water partition coefficient (Wildman–Crippen LogP) is 5.11. The minimum atomic E-state index is -3.72. The van der Waals surface area contributed by atoms with E-state index in [9.17, 15) is 23.1 Å². The average molecular weight is 692 g/mol. The molecule has 3 amide bonds. The summed E-state index contributed by atoms with van der Waals surface area (Å²) in [7, 11) is -2.19. The molecule has 0 fully saturated rings. The van der Waals surface area contributed by atoms with Gasteiger partial charge < -0.3 is 34.6 Å². The van der Waals surface area contributed by atoms with Crippen molar-refractivity contribution in [2.24, 2.45) is 5.92 Å². The molecule has 3 heterocycles. The minimum Gasteiger partial charge on any atom is -0.490 e. The number of amides is 3. The van der Waals surface area contributed by atoms with E-state index in [1.54, 1.807) is 61.4 Å². The van der Waals surface area contributed by atoms with Crippen molar-refractivity contribution in [2.45, 2.75) is 76.3 Å². The summed E-state index contributed by atoms with van der Waals surface area (Å²) >= 11 is 1.15. The number of aliphatic hydroxyl groups is 1. The number of fused-ring (bicyclic) bond motifs is 1. The molecule has 0 saturated carbocycles. The molecule has 15 heteroatoms. The number of nitrogens with one attached hydrogen (secondary N) is 2. The number of likely N-dealkylation sites (N-methyl/N-ethyl adjacent to an activating group) is 1. The smallest absolute Gasteiger partial charge is 0.323 e. The van der Waals surface area contributed by atoms with Crippen LogP contribution < -0.4 is 15.4 Å². The average Bonchev–Trinajstić information content (AvgIpc) is 3.69. The number of ether oxygens (including phenoxy) is 2. The van der Waals surface area contributed by atoms with Gasteiger partial charge in [-0.05, 0) is 76.6 Å². The van der Waals surface area contributed by atoms with Gasteiger partial charge in [-0.2, -0.15) is 4.31 Å². The van der Waals surface area contributed by atoms with Crippen molar-refractivity contribution < 1.29 is 37.1 Å². The van der Waals surface area contributed by atoms with E-state index in [-0.39, 0.29) is 41.5 Å². The number of aliphatic hydroxyl groups excluding tert-OH is 1. The van der Waals surface area contributed by atoms with Crippen molar-refractivity contribution in [3.63, 3.8) is 0 Å². The summed E-state index contributed by atoms with van der Waals surface area (Å²) in [6, 6.07) is 7.00. The third-order valence-electron chi connectivity index (χ3n) is 8.18. The van der Waals surface area contributed by atoms with Crippen molar-refractivity contribution in [3.05, 3.63) is 52.7 Å². The molecule has 4 atom stereocenters. The molecule has 13 nitrogen and oxygen atoms in total. The number of nitrogens with zero attached hydrogens (tertiary/aromatic N) is 3. The van der Waals surface area contributed by atoms with E-state index < -0.39 is 34.1 Å². The van der Waals surface area contributed by atoms with Crippen LogP contribution >= 0.6 is 11.3 Å². The van der Waals surface area contributed by atoms with Crippen LogP contribution in [-0.4, -0.2) is 91.4 Å². The molecule has 47 heavy (non-hydrogen) atoms. The molecule has 1 aromatic carbocycles. The van der Waals surface area contributed by atoms with Crippen molar-refractivity contribution in [1.82, 2.24) is 14.4 Å². The van der Waals surface area contributed by atoms with Gasteiger partial charge in [-0.15, -0.1) is 11.3 Å². The van der Waals surface area contributed by atoms with Gasteiger partial charge in [0, 0.05) is 38.3 Å². The van der Waals surface area contributed by atoms with E-state index in [1.807, 2.05) is 13.8 Å². The number of carbonyl (C=O) groups excluding carboxylic acids is 2. The van der Waals surface area contributed by atoms with Gasteiger partial charge in [-0.1, -0.05) is 18.1 Å². The summed E-state index contributed by atoms with van der Waals surface area (Å²) in [6.45, 7) is 9.33. The first-order valence-corrected chi connectivity index (χ1v) is 18.0. The van der Waals surface area contributed by atoms with Gasteiger partial charge in [0.25, 0.3) is 15.9 Å². The third kappa shape index (κ3) is 9.11. The van der Waals surface area contributed by atoms with Crippen molar-refractivity contribution >= 4 is 44.7 Å². The number of benzene rings is 1. The van der Waals surface area contributed by atoms with E-state index in [1.165, 1.54) is 11.4 Å². The number of anilines is 2. The maximum Gasteiger partial charge on any atom is 0.323 e. The second-order valence-electron chi connectivity index (χ2n) is 12.0. The van der Waals surface area contributed by atoms with Crippen LogP contribution in [-0.2, 0) is 14.8 Å². The molecule has 0 unspecified atom stereocenters. The molecular formula is C32H45N5O8S2. The summed E-state index contributed by atoms with van der Waals surface area (Å²) in [4.78, 5) is 28.8. The molecule has 0 radical (unpaired) electrons. The molecule has 0 bridgehead atoms. The number of rotatable bonds is 8. The number of carbonyl (C=O) groups is 2. The van der Waals surface area contributed by atoms with E-state index in [0.717, 1.165) is 24.2 Å². The lowest BCUT2D eigenvalue weighted by Crippen LogP contribution is -2.48. The van der Waals surface area contributed by atoms with Gasteiger partial charge >= 0.3 is 6.03 Å². The quantitative estimate of drug-likeness (QED) is 0.291. The molecule has 0 aliphatic carbocycles. The fraction of sp³-hybridized carbons (Fsp3) is 0.531. The Morgan fingerprint density at radius 1 is 1.21 bits per heavy atom. The van der Waals surface area contributed by atoms with Crippen LogP contribution in [0.2, 0.25) is 0 Å². The first-order chi connectivity index (χ1) is 22.3. The zero-order valence-electron chi connectivity index (χ0n) is 27.7. The van der Waals surface area contributed by atoms with Crippen molar-refractivity contribution in [1.29, 1.82) is 0 Å². The van der Waals surface area contributed by atoms with Crippen LogP contribution in [0.3, 0.4) is 0 Å². The molecule has 0 saturated heterocycles. The fourth-order valence-corrected chi connectivity index (χ4v) is 7.70. The Bertz CT molecular complexity index is 1590. The van der Waals surface area contributed by atoms with E-state index >= 15 is 0 Å². The summed E-state index contributed by atoms with van der Waals surface area (Å²) in [5.74, 6) is 0.0847. The largest absolute Gasteiger partial charge is 0.490 e. The number of sulfonamides is 1.